The summed E-state index contributed by atoms with van der Waals surface area (Å²) in [6.45, 7) is 3.07. The van der Waals surface area contributed by atoms with Crippen LogP contribution in [0.3, 0.4) is 0 Å². The number of aromatic nitrogens is 1. The summed E-state index contributed by atoms with van der Waals surface area (Å²) in [5.74, 6) is 0. The lowest BCUT2D eigenvalue weighted by Crippen LogP contribution is -2.18. The minimum absolute atomic E-state index is 0.143. The molecule has 0 spiro atoms. The summed E-state index contributed by atoms with van der Waals surface area (Å²) >= 11 is 5.69. The van der Waals surface area contributed by atoms with Crippen molar-refractivity contribution in [3.63, 3.8) is 0 Å². The first-order valence-electron chi connectivity index (χ1n) is 4.33. The highest BCUT2D eigenvalue weighted by Gasteiger charge is 2.33. The summed E-state index contributed by atoms with van der Waals surface area (Å²) in [7, 11) is 0. The second-order valence-corrected chi connectivity index (χ2v) is 4.20. The van der Waals surface area contributed by atoms with Crippen molar-refractivity contribution < 1.29 is 13.2 Å². The maximum Gasteiger partial charge on any atom is 0.417 e. The zero-order chi connectivity index (χ0) is 12.6. The van der Waals surface area contributed by atoms with E-state index < -0.39 is 17.2 Å². The molecule has 1 aromatic rings. The fourth-order valence-corrected chi connectivity index (χ4v) is 1.51. The second kappa shape index (κ2) is 3.95. The first-order valence-corrected chi connectivity index (χ1v) is 4.71. The molecule has 0 saturated heterocycles. The van der Waals surface area contributed by atoms with E-state index in [4.69, 9.17) is 16.9 Å². The molecule has 0 aliphatic rings. The maximum atomic E-state index is 12.3. The van der Waals surface area contributed by atoms with Gasteiger partial charge in [-0.15, -0.1) is 0 Å². The zero-order valence-corrected chi connectivity index (χ0v) is 9.32. The topological polar surface area (TPSA) is 36.7 Å². The van der Waals surface area contributed by atoms with Crippen LogP contribution in [0.15, 0.2) is 12.3 Å². The average molecular weight is 249 g/mol. The van der Waals surface area contributed by atoms with Crippen LogP contribution in [-0.4, -0.2) is 4.98 Å². The van der Waals surface area contributed by atoms with Gasteiger partial charge in [0.2, 0.25) is 0 Å². The minimum atomic E-state index is -4.48. The first kappa shape index (κ1) is 12.8. The summed E-state index contributed by atoms with van der Waals surface area (Å²) in [5.41, 5.74) is -1.79. The fraction of sp³-hybridized carbons (Fsp3) is 0.400. The van der Waals surface area contributed by atoms with Crippen LogP contribution in [0.5, 0.6) is 0 Å². The highest BCUT2D eigenvalue weighted by Crippen LogP contribution is 2.34. The number of alkyl halides is 3. The van der Waals surface area contributed by atoms with Gasteiger partial charge < -0.3 is 0 Å². The van der Waals surface area contributed by atoms with E-state index in [-0.39, 0.29) is 10.7 Å². The van der Waals surface area contributed by atoms with Gasteiger partial charge in [0.05, 0.1) is 27.8 Å². The molecule has 0 atom stereocenters. The van der Waals surface area contributed by atoms with Crippen LogP contribution >= 0.6 is 11.6 Å². The molecule has 0 N–H and O–H groups in total. The molecule has 0 amide bonds. The summed E-state index contributed by atoms with van der Waals surface area (Å²) < 4.78 is 36.9. The average Bonchev–Trinajstić information content (AvgIpc) is 2.16. The quantitative estimate of drug-likeness (QED) is 0.762. The number of rotatable bonds is 1. The third-order valence-electron chi connectivity index (χ3n) is 2.04. The van der Waals surface area contributed by atoms with E-state index in [1.165, 1.54) is 13.8 Å². The van der Waals surface area contributed by atoms with E-state index in [9.17, 15) is 13.2 Å². The van der Waals surface area contributed by atoms with E-state index in [0.29, 0.717) is 6.20 Å². The molecular formula is C10H8ClF3N2. The molecule has 86 valence electrons. The monoisotopic (exact) mass is 248 g/mol. The number of halogens is 4. The van der Waals surface area contributed by atoms with Gasteiger partial charge in [0, 0.05) is 6.20 Å². The van der Waals surface area contributed by atoms with Gasteiger partial charge in [0.25, 0.3) is 0 Å². The number of hydrogen-bond donors (Lipinski definition) is 0. The minimum Gasteiger partial charge on any atom is -0.257 e. The lowest BCUT2D eigenvalue weighted by Gasteiger charge is -2.17. The Bertz CT molecular complexity index is 446. The highest BCUT2D eigenvalue weighted by molar-refractivity contribution is 6.31. The van der Waals surface area contributed by atoms with E-state index in [2.05, 4.69) is 4.98 Å². The summed E-state index contributed by atoms with van der Waals surface area (Å²) in [5, 5.41) is 8.68. The van der Waals surface area contributed by atoms with E-state index in [0.717, 1.165) is 6.07 Å². The third kappa shape index (κ3) is 2.45. The van der Waals surface area contributed by atoms with Crippen molar-refractivity contribution >= 4 is 11.6 Å². The predicted octanol–water partition coefficient (Wildman–Crippen LogP) is 3.55. The summed E-state index contributed by atoms with van der Waals surface area (Å²) in [6.07, 6.45) is -3.80. The molecule has 0 aromatic carbocycles. The van der Waals surface area contributed by atoms with Crippen LogP contribution in [0, 0.1) is 11.3 Å². The Labute approximate surface area is 95.7 Å². The largest absolute Gasteiger partial charge is 0.417 e. The van der Waals surface area contributed by atoms with Gasteiger partial charge in [-0.05, 0) is 19.9 Å². The molecule has 0 radical (unpaired) electrons. The van der Waals surface area contributed by atoms with Gasteiger partial charge in [-0.2, -0.15) is 18.4 Å². The van der Waals surface area contributed by atoms with E-state index >= 15 is 0 Å². The molecule has 6 heteroatoms. The number of nitriles is 1. The fourth-order valence-electron chi connectivity index (χ4n) is 1.11. The predicted molar refractivity (Wildman–Crippen MR) is 52.9 cm³/mol. The van der Waals surface area contributed by atoms with Crippen molar-refractivity contribution in [1.82, 2.24) is 4.98 Å². The summed E-state index contributed by atoms with van der Waals surface area (Å²) in [6, 6.07) is 2.71. The van der Waals surface area contributed by atoms with Crippen molar-refractivity contribution in [2.24, 2.45) is 0 Å². The third-order valence-corrected chi connectivity index (χ3v) is 2.33. The summed E-state index contributed by atoms with van der Waals surface area (Å²) in [4.78, 5) is 3.61. The Morgan fingerprint density at radius 1 is 1.38 bits per heavy atom. The molecule has 1 aromatic heterocycles. The molecule has 2 nitrogen and oxygen atoms in total. The van der Waals surface area contributed by atoms with Crippen molar-refractivity contribution in [2.75, 3.05) is 0 Å². The Kier molecular flexibility index (Phi) is 3.15. The smallest absolute Gasteiger partial charge is 0.257 e. The van der Waals surface area contributed by atoms with Crippen LogP contribution in [-0.2, 0) is 11.6 Å². The molecule has 1 heterocycles. The van der Waals surface area contributed by atoms with Crippen LogP contribution < -0.4 is 0 Å². The molecule has 0 bridgehead atoms. The molecule has 0 aliphatic carbocycles. The molecule has 0 unspecified atom stereocenters. The number of pyridine rings is 1. The molecule has 1 rings (SSSR count). The van der Waals surface area contributed by atoms with Gasteiger partial charge in [-0.3, -0.25) is 4.98 Å². The lowest BCUT2D eigenvalue weighted by atomic mass is 9.90. The molecule has 0 saturated carbocycles. The van der Waals surface area contributed by atoms with E-state index in [1.807, 2.05) is 6.07 Å². The van der Waals surface area contributed by atoms with Crippen molar-refractivity contribution in [3.05, 3.63) is 28.5 Å². The van der Waals surface area contributed by atoms with Crippen LogP contribution in [0.4, 0.5) is 13.2 Å². The Balaban J connectivity index is 3.27. The van der Waals surface area contributed by atoms with Gasteiger partial charge >= 0.3 is 6.18 Å². The van der Waals surface area contributed by atoms with Gasteiger partial charge in [0.15, 0.2) is 0 Å². The Hall–Kier alpha value is -1.28. The molecular weight excluding hydrogens is 241 g/mol. The van der Waals surface area contributed by atoms with Crippen molar-refractivity contribution in [2.45, 2.75) is 25.4 Å². The normalized spacial score (nSPS) is 12.3. The van der Waals surface area contributed by atoms with Crippen LogP contribution in [0.2, 0.25) is 5.02 Å². The molecule has 0 aliphatic heterocycles. The molecule has 16 heavy (non-hydrogen) atoms. The number of nitrogens with zero attached hydrogens (tertiary/aromatic N) is 2. The number of hydrogen-bond acceptors (Lipinski definition) is 2. The first-order chi connectivity index (χ1) is 7.18. The van der Waals surface area contributed by atoms with Gasteiger partial charge in [-0.25, -0.2) is 0 Å². The second-order valence-electron chi connectivity index (χ2n) is 3.79. The van der Waals surface area contributed by atoms with Crippen LogP contribution in [0.25, 0.3) is 0 Å². The van der Waals surface area contributed by atoms with Crippen LogP contribution in [0.1, 0.15) is 25.1 Å². The van der Waals surface area contributed by atoms with Gasteiger partial charge in [-0.1, -0.05) is 11.6 Å². The molecule has 0 fully saturated rings. The lowest BCUT2D eigenvalue weighted by molar-refractivity contribution is -0.137. The SMILES string of the molecule is CC(C)(C#N)c1ncc(C(F)(F)F)cc1Cl. The highest BCUT2D eigenvalue weighted by atomic mass is 35.5. The maximum absolute atomic E-state index is 12.3. The van der Waals surface area contributed by atoms with Crippen molar-refractivity contribution in [1.29, 1.82) is 5.26 Å². The van der Waals surface area contributed by atoms with Crippen molar-refractivity contribution in [3.8, 4) is 6.07 Å². The Morgan fingerprint density at radius 3 is 2.31 bits per heavy atom. The van der Waals surface area contributed by atoms with E-state index in [1.54, 1.807) is 0 Å². The zero-order valence-electron chi connectivity index (χ0n) is 8.56. The van der Waals surface area contributed by atoms with Gasteiger partial charge in [0.1, 0.15) is 0 Å². The standard InChI is InChI=1S/C10H8ClF3N2/c1-9(2,5-15)8-7(11)3-6(4-16-8)10(12,13)14/h3-4H,1-2H3. The Morgan fingerprint density at radius 2 is 1.94 bits per heavy atom.